The molecule has 2 amide bonds. The summed E-state index contributed by atoms with van der Waals surface area (Å²) in [4.78, 5) is 27.0. The monoisotopic (exact) mass is 432 g/mol. The van der Waals surface area contributed by atoms with Gasteiger partial charge >= 0.3 is 6.09 Å². The van der Waals surface area contributed by atoms with Gasteiger partial charge in [0, 0.05) is 25.6 Å². The van der Waals surface area contributed by atoms with Gasteiger partial charge in [0.2, 0.25) is 5.91 Å². The molecule has 0 spiro atoms. The summed E-state index contributed by atoms with van der Waals surface area (Å²) in [6.45, 7) is 7.53. The van der Waals surface area contributed by atoms with Gasteiger partial charge in [-0.15, -0.1) is 0 Å². The lowest BCUT2D eigenvalue weighted by atomic mass is 9.81. The minimum Gasteiger partial charge on any atom is -0.493 e. The molecule has 1 N–H and O–H groups in total. The number of hydrogen-bond donors (Lipinski definition) is 1. The van der Waals surface area contributed by atoms with E-state index in [2.05, 4.69) is 5.32 Å². The van der Waals surface area contributed by atoms with Crippen molar-refractivity contribution in [1.29, 1.82) is 0 Å². The third kappa shape index (κ3) is 6.05. The maximum absolute atomic E-state index is 13.2. The zero-order chi connectivity index (χ0) is 22.6. The smallest absolute Gasteiger partial charge is 0.407 e. The van der Waals surface area contributed by atoms with Gasteiger partial charge in [0.15, 0.2) is 11.5 Å². The fourth-order valence-corrected chi connectivity index (χ4v) is 4.48. The van der Waals surface area contributed by atoms with Crippen molar-refractivity contribution in [3.8, 4) is 11.5 Å². The van der Waals surface area contributed by atoms with Crippen LogP contribution in [0.1, 0.15) is 57.6 Å². The predicted octanol–water partition coefficient (Wildman–Crippen LogP) is 3.92. The number of carbonyl (C=O) groups is 2. The molecule has 7 heteroatoms. The van der Waals surface area contributed by atoms with Crippen LogP contribution in [0.4, 0.5) is 4.79 Å². The first-order valence-electron chi connectivity index (χ1n) is 11.2. The van der Waals surface area contributed by atoms with E-state index in [0.717, 1.165) is 50.0 Å². The quantitative estimate of drug-likeness (QED) is 0.763. The number of methoxy groups -OCH3 is 2. The van der Waals surface area contributed by atoms with Crippen molar-refractivity contribution in [3.05, 3.63) is 23.3 Å². The van der Waals surface area contributed by atoms with Crippen LogP contribution >= 0.6 is 0 Å². The Balaban J connectivity index is 1.50. The van der Waals surface area contributed by atoms with E-state index in [1.54, 1.807) is 14.2 Å². The summed E-state index contributed by atoms with van der Waals surface area (Å²) >= 11 is 0. The van der Waals surface area contributed by atoms with Crippen LogP contribution in [0.15, 0.2) is 12.1 Å². The van der Waals surface area contributed by atoms with Gasteiger partial charge in [0.1, 0.15) is 5.60 Å². The summed E-state index contributed by atoms with van der Waals surface area (Å²) < 4.78 is 16.1. The van der Waals surface area contributed by atoms with E-state index in [4.69, 9.17) is 14.2 Å². The van der Waals surface area contributed by atoms with Crippen molar-refractivity contribution >= 4 is 12.0 Å². The van der Waals surface area contributed by atoms with E-state index in [0.29, 0.717) is 24.8 Å². The van der Waals surface area contributed by atoms with Crippen molar-refractivity contribution < 1.29 is 23.8 Å². The molecule has 1 heterocycles. The van der Waals surface area contributed by atoms with Crippen LogP contribution in [-0.4, -0.2) is 49.8 Å². The predicted molar refractivity (Wildman–Crippen MR) is 118 cm³/mol. The number of carbonyl (C=O) groups excluding carboxylic acids is 2. The van der Waals surface area contributed by atoms with Crippen LogP contribution in [0.2, 0.25) is 0 Å². The van der Waals surface area contributed by atoms with E-state index < -0.39 is 5.60 Å². The van der Waals surface area contributed by atoms with Gasteiger partial charge in [-0.25, -0.2) is 4.79 Å². The van der Waals surface area contributed by atoms with Crippen LogP contribution in [-0.2, 0) is 22.5 Å². The molecule has 0 bridgehead atoms. The molecule has 31 heavy (non-hydrogen) atoms. The lowest BCUT2D eigenvalue weighted by Gasteiger charge is -2.35. The molecule has 0 saturated heterocycles. The summed E-state index contributed by atoms with van der Waals surface area (Å²) in [5, 5.41) is 2.87. The number of benzene rings is 1. The Bertz CT molecular complexity index is 794. The van der Waals surface area contributed by atoms with Gasteiger partial charge in [-0.2, -0.15) is 0 Å². The molecule has 0 atom stereocenters. The highest BCUT2D eigenvalue weighted by Crippen LogP contribution is 2.35. The molecule has 1 saturated carbocycles. The Morgan fingerprint density at radius 3 is 2.23 bits per heavy atom. The molecular formula is C24H36N2O5. The van der Waals surface area contributed by atoms with Crippen molar-refractivity contribution in [1.82, 2.24) is 10.2 Å². The van der Waals surface area contributed by atoms with Crippen LogP contribution in [0.25, 0.3) is 0 Å². The average Bonchev–Trinajstić information content (AvgIpc) is 2.75. The molecule has 1 aliphatic heterocycles. The topological polar surface area (TPSA) is 77.1 Å². The molecule has 1 aliphatic carbocycles. The fraction of sp³-hybridized carbons (Fsp3) is 0.667. The number of ether oxygens (including phenoxy) is 3. The third-order valence-electron chi connectivity index (χ3n) is 6.16. The minimum absolute atomic E-state index is 0.0690. The highest BCUT2D eigenvalue weighted by molar-refractivity contribution is 5.79. The minimum atomic E-state index is -0.490. The van der Waals surface area contributed by atoms with Crippen molar-refractivity contribution in [2.24, 2.45) is 11.8 Å². The Morgan fingerprint density at radius 1 is 1.03 bits per heavy atom. The largest absolute Gasteiger partial charge is 0.493 e. The van der Waals surface area contributed by atoms with Crippen molar-refractivity contribution in [2.45, 2.75) is 65.0 Å². The number of alkyl carbamates (subject to hydrolysis) is 1. The summed E-state index contributed by atoms with van der Waals surface area (Å²) in [6, 6.07) is 4.02. The zero-order valence-corrected chi connectivity index (χ0v) is 19.5. The Hall–Kier alpha value is -2.44. The molecule has 7 nitrogen and oxygen atoms in total. The highest BCUT2D eigenvalue weighted by Gasteiger charge is 2.31. The van der Waals surface area contributed by atoms with Crippen LogP contribution in [0.3, 0.4) is 0 Å². The second-order valence-corrected chi connectivity index (χ2v) is 9.59. The first-order chi connectivity index (χ1) is 14.7. The second-order valence-electron chi connectivity index (χ2n) is 9.59. The summed E-state index contributed by atoms with van der Waals surface area (Å²) in [5.41, 5.74) is 1.86. The normalized spacial score (nSPS) is 21.1. The number of nitrogens with zero attached hydrogens (tertiary/aromatic N) is 1. The second kappa shape index (κ2) is 9.79. The summed E-state index contributed by atoms with van der Waals surface area (Å²) in [6.07, 6.45) is 4.09. The van der Waals surface area contributed by atoms with Crippen LogP contribution in [0, 0.1) is 11.8 Å². The summed E-state index contributed by atoms with van der Waals surface area (Å²) in [7, 11) is 3.27. The molecule has 0 radical (unpaired) electrons. The first kappa shape index (κ1) is 23.2. The molecule has 1 aromatic carbocycles. The number of hydrogen-bond acceptors (Lipinski definition) is 5. The first-order valence-corrected chi connectivity index (χ1v) is 11.2. The third-order valence-corrected chi connectivity index (χ3v) is 6.16. The van der Waals surface area contributed by atoms with Gasteiger partial charge in [-0.3, -0.25) is 4.79 Å². The molecule has 172 valence electrons. The van der Waals surface area contributed by atoms with Gasteiger partial charge in [-0.1, -0.05) is 0 Å². The highest BCUT2D eigenvalue weighted by atomic mass is 16.6. The number of fused-ring (bicyclic) bond motifs is 1. The molecule has 1 fully saturated rings. The van der Waals surface area contributed by atoms with Gasteiger partial charge in [-0.05, 0) is 82.1 Å². The number of amides is 2. The van der Waals surface area contributed by atoms with Gasteiger partial charge in [0.05, 0.1) is 14.2 Å². The molecule has 3 rings (SSSR count). The molecule has 2 aliphatic rings. The summed E-state index contributed by atoms with van der Waals surface area (Å²) in [5.74, 6) is 2.15. The SMILES string of the molecule is COc1cc2c(cc1OC)CN(C(=O)C1CCC(CNC(=O)OC(C)(C)C)CC1)CC2. The van der Waals surface area contributed by atoms with E-state index in [-0.39, 0.29) is 17.9 Å². The Kier molecular flexibility index (Phi) is 7.34. The molecule has 0 unspecified atom stereocenters. The lowest BCUT2D eigenvalue weighted by molar-refractivity contribution is -0.137. The van der Waals surface area contributed by atoms with E-state index in [1.165, 1.54) is 5.56 Å². The molecule has 1 aromatic rings. The maximum Gasteiger partial charge on any atom is 0.407 e. The van der Waals surface area contributed by atoms with Crippen LogP contribution in [0.5, 0.6) is 11.5 Å². The zero-order valence-electron chi connectivity index (χ0n) is 19.5. The van der Waals surface area contributed by atoms with Crippen molar-refractivity contribution in [2.75, 3.05) is 27.3 Å². The van der Waals surface area contributed by atoms with E-state index in [1.807, 2.05) is 37.8 Å². The van der Waals surface area contributed by atoms with Gasteiger partial charge < -0.3 is 24.4 Å². The lowest BCUT2D eigenvalue weighted by Crippen LogP contribution is -2.41. The van der Waals surface area contributed by atoms with E-state index in [9.17, 15) is 9.59 Å². The Labute approximate surface area is 185 Å². The van der Waals surface area contributed by atoms with E-state index >= 15 is 0 Å². The molecule has 0 aromatic heterocycles. The average molecular weight is 433 g/mol. The number of nitrogens with one attached hydrogen (secondary N) is 1. The number of rotatable bonds is 5. The molecular weight excluding hydrogens is 396 g/mol. The van der Waals surface area contributed by atoms with Crippen molar-refractivity contribution in [3.63, 3.8) is 0 Å². The standard InChI is InChI=1S/C24H36N2O5/c1-24(2,3)31-23(28)25-14-16-6-8-17(9-7-16)22(27)26-11-10-18-12-20(29-4)21(30-5)13-19(18)15-26/h12-13,16-17H,6-11,14-15H2,1-5H3,(H,25,28). The van der Waals surface area contributed by atoms with Gasteiger partial charge in [0.25, 0.3) is 0 Å². The fourth-order valence-electron chi connectivity index (χ4n) is 4.48. The maximum atomic E-state index is 13.2. The van der Waals surface area contributed by atoms with Crippen LogP contribution < -0.4 is 14.8 Å². The Morgan fingerprint density at radius 2 is 1.65 bits per heavy atom.